The molecule has 1 aromatic heterocycles. The number of hydrogen-bond donors (Lipinski definition) is 2. The molecule has 110 valence electrons. The Balaban J connectivity index is 2.03. The minimum Gasteiger partial charge on any atom is -0.397 e. The molecule has 0 saturated heterocycles. The minimum atomic E-state index is -0.408. The lowest BCUT2D eigenvalue weighted by molar-refractivity contribution is -0.116. The molecular weight excluding hydrogens is 315 g/mol. The Hall–Kier alpha value is -2.05. The summed E-state index contributed by atoms with van der Waals surface area (Å²) in [4.78, 5) is 26.9. The topological polar surface area (TPSA) is 90.0 Å². The van der Waals surface area contributed by atoms with Crippen molar-refractivity contribution >= 4 is 40.5 Å². The first kappa shape index (κ1) is 15.3. The number of aromatic nitrogens is 2. The van der Waals surface area contributed by atoms with Gasteiger partial charge in [-0.15, -0.1) is 0 Å². The highest BCUT2D eigenvalue weighted by atomic mass is 35.5. The van der Waals surface area contributed by atoms with Crippen LogP contribution in [0.25, 0.3) is 0 Å². The van der Waals surface area contributed by atoms with Crippen LogP contribution in [0.15, 0.2) is 35.4 Å². The van der Waals surface area contributed by atoms with Crippen LogP contribution in [0, 0.1) is 0 Å². The van der Waals surface area contributed by atoms with E-state index in [1.807, 2.05) is 0 Å². The van der Waals surface area contributed by atoms with Crippen molar-refractivity contribution in [2.75, 3.05) is 11.1 Å². The van der Waals surface area contributed by atoms with Gasteiger partial charge in [-0.3, -0.25) is 9.36 Å². The molecule has 0 aliphatic carbocycles. The van der Waals surface area contributed by atoms with Crippen LogP contribution < -0.4 is 16.7 Å². The number of nitrogens with one attached hydrogen (secondary N) is 1. The van der Waals surface area contributed by atoms with Crippen molar-refractivity contribution in [2.45, 2.75) is 13.0 Å². The van der Waals surface area contributed by atoms with E-state index in [0.29, 0.717) is 10.7 Å². The highest BCUT2D eigenvalue weighted by Crippen LogP contribution is 2.32. The zero-order valence-electron chi connectivity index (χ0n) is 10.8. The molecule has 8 heteroatoms. The van der Waals surface area contributed by atoms with Crippen molar-refractivity contribution in [3.8, 4) is 0 Å². The highest BCUT2D eigenvalue weighted by molar-refractivity contribution is 6.37. The molecule has 0 fully saturated rings. The summed E-state index contributed by atoms with van der Waals surface area (Å²) in [5, 5.41) is 3.25. The summed E-state index contributed by atoms with van der Waals surface area (Å²) < 4.78 is 1.34. The number of aryl methyl sites for hydroxylation is 1. The number of hydrogen-bond acceptors (Lipinski definition) is 4. The molecule has 0 bridgehead atoms. The highest BCUT2D eigenvalue weighted by Gasteiger charge is 2.11. The average molecular weight is 327 g/mol. The Morgan fingerprint density at radius 2 is 2.14 bits per heavy atom. The van der Waals surface area contributed by atoms with Crippen molar-refractivity contribution in [1.29, 1.82) is 0 Å². The molecule has 2 aromatic rings. The summed E-state index contributed by atoms with van der Waals surface area (Å²) in [6, 6.07) is 4.60. The van der Waals surface area contributed by atoms with Gasteiger partial charge in [-0.05, 0) is 18.2 Å². The minimum absolute atomic E-state index is 0.0873. The van der Waals surface area contributed by atoms with E-state index in [0.717, 1.165) is 0 Å². The second kappa shape index (κ2) is 6.60. The van der Waals surface area contributed by atoms with Crippen LogP contribution in [0.4, 0.5) is 11.4 Å². The molecule has 0 aliphatic rings. The first-order valence-corrected chi connectivity index (χ1v) is 6.79. The first-order chi connectivity index (χ1) is 9.97. The van der Waals surface area contributed by atoms with E-state index >= 15 is 0 Å². The zero-order chi connectivity index (χ0) is 15.4. The molecule has 0 atom stereocenters. The molecule has 3 N–H and O–H groups in total. The van der Waals surface area contributed by atoms with Crippen molar-refractivity contribution in [1.82, 2.24) is 9.55 Å². The van der Waals surface area contributed by atoms with Crippen LogP contribution in [0.5, 0.6) is 0 Å². The van der Waals surface area contributed by atoms with Gasteiger partial charge in [-0.25, -0.2) is 9.78 Å². The summed E-state index contributed by atoms with van der Waals surface area (Å²) in [5.41, 5.74) is 5.93. The van der Waals surface area contributed by atoms with E-state index in [-0.39, 0.29) is 29.6 Å². The molecule has 0 unspecified atom stereocenters. The maximum Gasteiger partial charge on any atom is 0.347 e. The lowest BCUT2D eigenvalue weighted by Crippen LogP contribution is -2.24. The molecule has 0 spiro atoms. The quantitative estimate of drug-likeness (QED) is 0.842. The molecule has 2 rings (SSSR count). The van der Waals surface area contributed by atoms with Crippen molar-refractivity contribution in [3.63, 3.8) is 0 Å². The number of nitrogens with two attached hydrogens (primary N) is 1. The van der Waals surface area contributed by atoms with Gasteiger partial charge in [0, 0.05) is 30.4 Å². The SMILES string of the molecule is Nc1cc(Cl)cc(Cl)c1NC(=O)CCn1cccnc1=O. The summed E-state index contributed by atoms with van der Waals surface area (Å²) >= 11 is 11.8. The van der Waals surface area contributed by atoms with Crippen LogP contribution in [0.2, 0.25) is 10.0 Å². The van der Waals surface area contributed by atoms with E-state index in [2.05, 4.69) is 10.3 Å². The van der Waals surface area contributed by atoms with Gasteiger partial charge in [-0.1, -0.05) is 23.2 Å². The van der Waals surface area contributed by atoms with E-state index < -0.39 is 5.69 Å². The fourth-order valence-corrected chi connectivity index (χ4v) is 2.26. The Kier molecular flexibility index (Phi) is 4.82. The maximum absolute atomic E-state index is 11.9. The van der Waals surface area contributed by atoms with Crippen LogP contribution >= 0.6 is 23.2 Å². The summed E-state index contributed by atoms with van der Waals surface area (Å²) in [6.45, 7) is 0.212. The molecule has 0 radical (unpaired) electrons. The predicted molar refractivity (Wildman–Crippen MR) is 82.6 cm³/mol. The van der Waals surface area contributed by atoms with Crippen molar-refractivity contribution in [3.05, 3.63) is 51.1 Å². The van der Waals surface area contributed by atoms with Crippen molar-refractivity contribution < 1.29 is 4.79 Å². The van der Waals surface area contributed by atoms with E-state index in [9.17, 15) is 9.59 Å². The van der Waals surface area contributed by atoms with Gasteiger partial charge in [0.05, 0.1) is 16.4 Å². The molecule has 6 nitrogen and oxygen atoms in total. The van der Waals surface area contributed by atoms with Gasteiger partial charge in [0.25, 0.3) is 0 Å². The van der Waals surface area contributed by atoms with Crippen LogP contribution in [-0.4, -0.2) is 15.5 Å². The summed E-state index contributed by atoms with van der Waals surface area (Å²) in [5.74, 6) is -0.318. The van der Waals surface area contributed by atoms with Gasteiger partial charge in [0.15, 0.2) is 0 Å². The second-order valence-corrected chi connectivity index (χ2v) is 5.09. The third kappa shape index (κ3) is 3.96. The molecule has 1 amide bonds. The third-order valence-corrected chi connectivity index (χ3v) is 3.23. The number of nitrogens with zero attached hydrogens (tertiary/aromatic N) is 2. The lowest BCUT2D eigenvalue weighted by Gasteiger charge is -2.11. The summed E-state index contributed by atoms with van der Waals surface area (Å²) in [7, 11) is 0. The lowest BCUT2D eigenvalue weighted by atomic mass is 10.2. The van der Waals surface area contributed by atoms with Crippen LogP contribution in [0.3, 0.4) is 0 Å². The van der Waals surface area contributed by atoms with Crippen LogP contribution in [0.1, 0.15) is 6.42 Å². The van der Waals surface area contributed by atoms with Gasteiger partial charge in [-0.2, -0.15) is 0 Å². The monoisotopic (exact) mass is 326 g/mol. The number of anilines is 2. The molecule has 1 heterocycles. The second-order valence-electron chi connectivity index (χ2n) is 4.25. The molecule has 21 heavy (non-hydrogen) atoms. The maximum atomic E-state index is 11.9. The van der Waals surface area contributed by atoms with Gasteiger partial charge >= 0.3 is 5.69 Å². The fourth-order valence-electron chi connectivity index (χ4n) is 1.71. The number of benzene rings is 1. The van der Waals surface area contributed by atoms with Gasteiger partial charge < -0.3 is 11.1 Å². The van der Waals surface area contributed by atoms with Crippen molar-refractivity contribution in [2.24, 2.45) is 0 Å². The average Bonchev–Trinajstić information content (AvgIpc) is 2.42. The Labute approximate surface area is 130 Å². The Morgan fingerprint density at radius 1 is 1.38 bits per heavy atom. The normalized spacial score (nSPS) is 10.4. The summed E-state index contributed by atoms with van der Waals surface area (Å²) in [6.07, 6.45) is 3.04. The standard InChI is InChI=1S/C13H12Cl2N4O2/c14-8-6-9(15)12(10(16)7-8)18-11(20)2-5-19-4-1-3-17-13(19)21/h1,3-4,6-7H,2,5,16H2,(H,18,20). The largest absolute Gasteiger partial charge is 0.397 e. The van der Waals surface area contributed by atoms with Crippen LogP contribution in [-0.2, 0) is 11.3 Å². The zero-order valence-corrected chi connectivity index (χ0v) is 12.4. The predicted octanol–water partition coefficient (Wildman–Crippen LogP) is 2.16. The van der Waals surface area contributed by atoms with E-state index in [1.165, 1.54) is 22.9 Å². The Bertz CT molecular complexity index is 707. The number of carbonyl (C=O) groups excluding carboxylic acids is 1. The molecule has 1 aromatic carbocycles. The smallest absolute Gasteiger partial charge is 0.347 e. The molecule has 0 saturated carbocycles. The fraction of sp³-hybridized carbons (Fsp3) is 0.154. The number of amides is 1. The number of halogens is 2. The molecule has 0 aliphatic heterocycles. The number of rotatable bonds is 4. The van der Waals surface area contributed by atoms with E-state index in [4.69, 9.17) is 28.9 Å². The van der Waals surface area contributed by atoms with Gasteiger partial charge in [0.1, 0.15) is 0 Å². The molecular formula is C13H12Cl2N4O2. The van der Waals surface area contributed by atoms with Gasteiger partial charge in [0.2, 0.25) is 5.91 Å². The van der Waals surface area contributed by atoms with E-state index in [1.54, 1.807) is 12.3 Å². The third-order valence-electron chi connectivity index (χ3n) is 2.71. The number of carbonyl (C=O) groups is 1. The Morgan fingerprint density at radius 3 is 2.81 bits per heavy atom. The number of nitrogen functional groups attached to an aromatic ring is 1. The first-order valence-electron chi connectivity index (χ1n) is 6.03.